The number of aromatic nitrogens is 22. The van der Waals surface area contributed by atoms with E-state index in [1.807, 2.05) is 35.8 Å². The Kier molecular flexibility index (Phi) is 22.7. The molecule has 0 saturated heterocycles. The Balaban J connectivity index is 0.000000134. The van der Waals surface area contributed by atoms with Crippen molar-refractivity contribution in [3.63, 3.8) is 0 Å². The standard InChI is InChI=1S/C18H13F4N7O.C18H13F3N6.C17H12F4N8.C17H13F3N8O/c19-8-14-25-11-3-1-2-4-12(11)29(14)18-27-16(23)26-17(28-18)24-9-5-6-13(10(20)7-9)30-15(21)22;1-11-23-14-4-2-3-5-15(14)27(11)16-10-22-26-17(25-16)24-13-8-6-12(7-9-13)18(19,20)21;18-7-13-25-10-3-1-2-4-11(10)29(13)16-27-14(22)26-15(28-16)24-9-5-6-12(23-8-9)17(19,20)21;18-7-12-24-10-3-1-2-4-11(10)28(12)17-26-15(21)25-16(27-17)23-9-5-6-13(22-8-9)29-14(19)20/h1-7,15H,8H2,(H3,23,24,26,27,28);2-10H,1H3,(H,24,25,26);1-6,8H,7H2,(H3,22,24,26,27,28);1-6,8,14H,7H2,(H3,21,23,25,26,27). The molecule has 0 bridgehead atoms. The number of rotatable bonds is 19. The first-order valence-corrected chi connectivity index (χ1v) is 32.9. The van der Waals surface area contributed by atoms with Gasteiger partial charge in [0.15, 0.2) is 17.4 Å². The highest BCUT2D eigenvalue weighted by Gasteiger charge is 2.33. The first kappa shape index (κ1) is 77.9. The smallest absolute Gasteiger partial charge is 0.432 e. The molecule has 16 aromatic rings. The number of fused-ring (bicyclic) bond motifs is 4. The Labute approximate surface area is 634 Å². The lowest BCUT2D eigenvalue weighted by atomic mass is 10.2. The molecule has 0 aliphatic rings. The van der Waals surface area contributed by atoms with Crippen molar-refractivity contribution < 1.29 is 70.9 Å². The van der Waals surface area contributed by atoms with Crippen LogP contribution in [0.15, 0.2) is 182 Å². The molecule has 0 radical (unpaired) electrons. The molecule has 0 saturated carbocycles. The van der Waals surface area contributed by atoms with Gasteiger partial charge in [0.1, 0.15) is 49.0 Å². The third-order valence-corrected chi connectivity index (χ3v) is 15.7. The van der Waals surface area contributed by atoms with E-state index in [-0.39, 0.29) is 94.2 Å². The van der Waals surface area contributed by atoms with Crippen molar-refractivity contribution in [3.8, 4) is 35.3 Å². The van der Waals surface area contributed by atoms with Crippen LogP contribution in [-0.4, -0.2) is 121 Å². The lowest BCUT2D eigenvalue weighted by Gasteiger charge is -2.11. The Bertz CT molecular complexity index is 6110. The molecule has 45 heteroatoms. The highest BCUT2D eigenvalue weighted by Crippen LogP contribution is 2.34. The zero-order valence-corrected chi connectivity index (χ0v) is 58.3. The minimum absolute atomic E-state index is 0.00414. The van der Waals surface area contributed by atoms with E-state index in [0.717, 1.165) is 53.4 Å². The number of nitrogen functional groups attached to an aromatic ring is 3. The van der Waals surface area contributed by atoms with Crippen molar-refractivity contribution in [1.82, 2.24) is 108 Å². The van der Waals surface area contributed by atoms with Crippen LogP contribution in [0.3, 0.4) is 0 Å². The van der Waals surface area contributed by atoms with Crippen molar-refractivity contribution in [2.75, 3.05) is 38.5 Å². The third kappa shape index (κ3) is 18.5. The molecular formula is C70H51F14N29O2. The summed E-state index contributed by atoms with van der Waals surface area (Å²) in [6.45, 7) is -6.85. The van der Waals surface area contributed by atoms with Crippen LogP contribution in [0.25, 0.3) is 67.8 Å². The van der Waals surface area contributed by atoms with E-state index in [0.29, 0.717) is 50.3 Å². The highest BCUT2D eigenvalue weighted by atomic mass is 19.4. The number of alkyl halides is 13. The largest absolute Gasteiger partial charge is 0.433 e. The highest BCUT2D eigenvalue weighted by molar-refractivity contribution is 5.81. The number of ether oxygens (including phenoxy) is 2. The fourth-order valence-electron chi connectivity index (χ4n) is 10.9. The van der Waals surface area contributed by atoms with E-state index < -0.39 is 68.4 Å². The summed E-state index contributed by atoms with van der Waals surface area (Å²) in [5.74, 6) is -0.619. The van der Waals surface area contributed by atoms with Gasteiger partial charge in [-0.2, -0.15) is 98.8 Å². The predicted molar refractivity (Wildman–Crippen MR) is 388 cm³/mol. The molecular weight excluding hydrogens is 1540 g/mol. The molecule has 0 amide bonds. The molecule has 6 aromatic carbocycles. The minimum Gasteiger partial charge on any atom is -0.432 e. The fraction of sp³-hybridized carbons (Fsp3) is 0.114. The molecule has 31 nitrogen and oxygen atoms in total. The number of nitrogens with one attached hydrogen (secondary N) is 4. The SMILES string of the molecule is Cc1nc2ccccc2n1-c1cnnc(Nc2ccc(C(F)(F)F)cc2)n1.Nc1nc(Nc2ccc(C(F)(F)F)nc2)nc(-n2c(CF)nc3ccccc32)n1.Nc1nc(Nc2ccc(OC(F)F)c(F)c2)nc(-n2c(CF)nc3ccccc32)n1.Nc1nc(Nc2ccc(OC(F)F)nc2)nc(-n2c(CF)nc3ccccc32)n1. The number of para-hydroxylation sites is 8. The number of hydrogen-bond donors (Lipinski definition) is 7. The van der Waals surface area contributed by atoms with Crippen LogP contribution in [0.5, 0.6) is 11.6 Å². The second-order valence-corrected chi connectivity index (χ2v) is 23.3. The van der Waals surface area contributed by atoms with E-state index in [9.17, 15) is 61.5 Å². The van der Waals surface area contributed by atoms with Gasteiger partial charge in [0.05, 0.1) is 79.7 Å². The predicted octanol–water partition coefficient (Wildman–Crippen LogP) is 14.4. The molecule has 16 rings (SSSR count). The van der Waals surface area contributed by atoms with Crippen molar-refractivity contribution >= 4 is 109 Å². The van der Waals surface area contributed by atoms with Gasteiger partial charge in [-0.05, 0) is 110 Å². The maximum Gasteiger partial charge on any atom is 0.433 e. The number of hydrogen-bond acceptors (Lipinski definition) is 27. The first-order chi connectivity index (χ1) is 55.2. The minimum atomic E-state index is -4.55. The third-order valence-electron chi connectivity index (χ3n) is 15.7. The maximum atomic E-state index is 13.9. The van der Waals surface area contributed by atoms with E-state index in [4.69, 9.17) is 17.2 Å². The van der Waals surface area contributed by atoms with E-state index in [2.05, 4.69) is 121 Å². The lowest BCUT2D eigenvalue weighted by Crippen LogP contribution is -2.11. The Morgan fingerprint density at radius 1 is 0.400 bits per heavy atom. The Hall–Kier alpha value is -15.2. The number of nitrogens with two attached hydrogens (primary N) is 3. The van der Waals surface area contributed by atoms with E-state index >= 15 is 0 Å². The Morgan fingerprint density at radius 2 is 0.809 bits per heavy atom. The van der Waals surface area contributed by atoms with Gasteiger partial charge in [-0.25, -0.2) is 47.5 Å². The first-order valence-electron chi connectivity index (χ1n) is 32.9. The number of halogens is 14. The molecule has 0 atom stereocenters. The second-order valence-electron chi connectivity index (χ2n) is 23.3. The molecule has 0 aliphatic heterocycles. The summed E-state index contributed by atoms with van der Waals surface area (Å²) in [4.78, 5) is 65.2. The van der Waals surface area contributed by atoms with Gasteiger partial charge in [-0.15, -0.1) is 5.10 Å². The normalized spacial score (nSPS) is 11.5. The number of benzene rings is 6. The number of pyridine rings is 2. The molecule has 115 heavy (non-hydrogen) atoms. The second kappa shape index (κ2) is 33.5. The number of nitrogens with zero attached hydrogens (tertiary/aromatic N) is 22. The van der Waals surface area contributed by atoms with Crippen LogP contribution in [0, 0.1) is 12.7 Å². The van der Waals surface area contributed by atoms with Crippen LogP contribution < -0.4 is 47.9 Å². The average molecular weight is 1600 g/mol. The summed E-state index contributed by atoms with van der Waals surface area (Å²) < 4.78 is 194. The van der Waals surface area contributed by atoms with Crippen LogP contribution in [0.2, 0.25) is 0 Å². The van der Waals surface area contributed by atoms with Crippen molar-refractivity contribution in [2.24, 2.45) is 0 Å². The van der Waals surface area contributed by atoms with Crippen LogP contribution in [0.4, 0.5) is 126 Å². The molecule has 10 aromatic heterocycles. The van der Waals surface area contributed by atoms with Crippen molar-refractivity contribution in [2.45, 2.75) is 52.5 Å². The number of anilines is 11. The van der Waals surface area contributed by atoms with Crippen LogP contribution in [0.1, 0.15) is 34.6 Å². The molecule has 0 fully saturated rings. The molecule has 0 aliphatic carbocycles. The zero-order valence-electron chi connectivity index (χ0n) is 58.3. The van der Waals surface area contributed by atoms with Gasteiger partial charge >= 0.3 is 25.6 Å². The molecule has 10 heterocycles. The van der Waals surface area contributed by atoms with Gasteiger partial charge in [0, 0.05) is 23.5 Å². The number of imidazole rings is 4. The van der Waals surface area contributed by atoms with Crippen molar-refractivity contribution in [1.29, 1.82) is 0 Å². The van der Waals surface area contributed by atoms with Gasteiger partial charge in [0.2, 0.25) is 65.4 Å². The summed E-state index contributed by atoms with van der Waals surface area (Å²) in [5.41, 5.74) is 21.8. The van der Waals surface area contributed by atoms with E-state index in [1.165, 1.54) is 62.5 Å². The number of aryl methyl sites for hydroxylation is 1. The van der Waals surface area contributed by atoms with Gasteiger partial charge < -0.3 is 47.9 Å². The van der Waals surface area contributed by atoms with Gasteiger partial charge in [0.25, 0.3) is 0 Å². The lowest BCUT2D eigenvalue weighted by molar-refractivity contribution is -0.141. The van der Waals surface area contributed by atoms with Crippen LogP contribution >= 0.6 is 0 Å². The van der Waals surface area contributed by atoms with Crippen LogP contribution in [-0.2, 0) is 32.4 Å². The molecule has 0 unspecified atom stereocenters. The Morgan fingerprint density at radius 3 is 1.22 bits per heavy atom. The summed E-state index contributed by atoms with van der Waals surface area (Å²) in [5, 5.41) is 19.0. The summed E-state index contributed by atoms with van der Waals surface area (Å²) in [7, 11) is 0. The summed E-state index contributed by atoms with van der Waals surface area (Å²) in [6, 6.07) is 41.1. The summed E-state index contributed by atoms with van der Waals surface area (Å²) >= 11 is 0. The van der Waals surface area contributed by atoms with Gasteiger partial charge in [-0.1, -0.05) is 48.5 Å². The van der Waals surface area contributed by atoms with E-state index in [1.54, 1.807) is 72.8 Å². The molecule has 586 valence electrons. The summed E-state index contributed by atoms with van der Waals surface area (Å²) in [6.07, 6.45) is -5.18. The fourth-order valence-corrected chi connectivity index (χ4v) is 10.9. The maximum absolute atomic E-state index is 13.9. The van der Waals surface area contributed by atoms with Gasteiger partial charge in [-0.3, -0.25) is 18.3 Å². The quantitative estimate of drug-likeness (QED) is 0.0370. The molecule has 0 spiro atoms. The zero-order chi connectivity index (χ0) is 81.2. The topological polar surface area (TPSA) is 396 Å². The monoisotopic (exact) mass is 1600 g/mol. The molecule has 10 N–H and O–H groups in total. The average Bonchev–Trinajstić information content (AvgIpc) is 1.66. The van der Waals surface area contributed by atoms with Crippen molar-refractivity contribution in [3.05, 3.63) is 223 Å².